The summed E-state index contributed by atoms with van der Waals surface area (Å²) in [6.07, 6.45) is 2.88. The van der Waals surface area contributed by atoms with Gasteiger partial charge in [0.15, 0.2) is 6.10 Å². The predicted octanol–water partition coefficient (Wildman–Crippen LogP) is 4.81. The molecule has 0 bridgehead atoms. The van der Waals surface area contributed by atoms with Crippen LogP contribution in [0.1, 0.15) is 68.3 Å². The van der Waals surface area contributed by atoms with Gasteiger partial charge in [0.1, 0.15) is 5.75 Å². The number of nitrogens with zero attached hydrogens (tertiary/aromatic N) is 1. The minimum atomic E-state index is -0.535. The van der Waals surface area contributed by atoms with E-state index in [9.17, 15) is 9.59 Å². The van der Waals surface area contributed by atoms with Gasteiger partial charge in [-0.05, 0) is 67.3 Å². The summed E-state index contributed by atoms with van der Waals surface area (Å²) in [5, 5.41) is 2.98. The van der Waals surface area contributed by atoms with Crippen molar-refractivity contribution in [3.05, 3.63) is 64.7 Å². The molecule has 4 rings (SSSR count). The third kappa shape index (κ3) is 5.40. The van der Waals surface area contributed by atoms with Crippen molar-refractivity contribution in [1.29, 1.82) is 0 Å². The maximum Gasteiger partial charge on any atom is 0.261 e. The Morgan fingerprint density at radius 3 is 2.61 bits per heavy atom. The molecule has 1 aliphatic heterocycles. The van der Waals surface area contributed by atoms with Crippen LogP contribution in [-0.4, -0.2) is 35.9 Å². The van der Waals surface area contributed by atoms with Crippen LogP contribution < -0.4 is 10.1 Å². The summed E-state index contributed by atoms with van der Waals surface area (Å²) in [7, 11) is 0. The fraction of sp³-hybridized carbons (Fsp3) is 0.500. The molecule has 2 aromatic carbocycles. The molecule has 2 aliphatic rings. The van der Waals surface area contributed by atoms with Crippen LogP contribution in [0.25, 0.3) is 0 Å². The highest BCUT2D eigenvalue weighted by Gasteiger charge is 2.39. The monoisotopic (exact) mass is 448 g/mol. The summed E-state index contributed by atoms with van der Waals surface area (Å²) in [4.78, 5) is 27.9. The lowest BCUT2D eigenvalue weighted by atomic mass is 9.87. The van der Waals surface area contributed by atoms with Crippen molar-refractivity contribution in [2.75, 3.05) is 13.1 Å². The topological polar surface area (TPSA) is 58.6 Å². The van der Waals surface area contributed by atoms with E-state index < -0.39 is 6.10 Å². The molecular weight excluding hydrogens is 412 g/mol. The Kier molecular flexibility index (Phi) is 7.06. The first-order valence-electron chi connectivity index (χ1n) is 12.3. The molecule has 176 valence electrons. The fourth-order valence-electron chi connectivity index (χ4n) is 4.57. The molecule has 33 heavy (non-hydrogen) atoms. The van der Waals surface area contributed by atoms with Gasteiger partial charge in [0.25, 0.3) is 5.91 Å². The molecular formula is C28H36N2O3. The number of carbonyl (C=O) groups excluding carboxylic acids is 2. The van der Waals surface area contributed by atoms with Gasteiger partial charge in [0.2, 0.25) is 5.91 Å². The Labute approximate surface area is 197 Å². The highest BCUT2D eigenvalue weighted by Crippen LogP contribution is 2.41. The van der Waals surface area contributed by atoms with Gasteiger partial charge in [0.05, 0.1) is 6.04 Å². The fourth-order valence-corrected chi connectivity index (χ4v) is 4.57. The van der Waals surface area contributed by atoms with E-state index in [-0.39, 0.29) is 23.8 Å². The minimum absolute atomic E-state index is 0.0790. The van der Waals surface area contributed by atoms with Gasteiger partial charge in [-0.3, -0.25) is 9.59 Å². The number of nitrogens with one attached hydrogen (secondary N) is 1. The van der Waals surface area contributed by atoms with Crippen LogP contribution in [0.3, 0.4) is 0 Å². The molecule has 0 spiro atoms. The zero-order valence-corrected chi connectivity index (χ0v) is 20.3. The summed E-state index contributed by atoms with van der Waals surface area (Å²) < 4.78 is 6.17. The summed E-state index contributed by atoms with van der Waals surface area (Å²) in [6.45, 7) is 9.56. The second kappa shape index (κ2) is 9.98. The molecule has 1 saturated carbocycles. The second-order valence-electron chi connectivity index (χ2n) is 9.89. The number of benzene rings is 2. The smallest absolute Gasteiger partial charge is 0.261 e. The predicted molar refractivity (Wildman–Crippen MR) is 130 cm³/mol. The van der Waals surface area contributed by atoms with Gasteiger partial charge in [-0.2, -0.15) is 0 Å². The molecule has 0 aromatic heterocycles. The Hall–Kier alpha value is -2.82. The number of rotatable bonds is 8. The van der Waals surface area contributed by atoms with Gasteiger partial charge in [-0.25, -0.2) is 0 Å². The SMILES string of the molecule is CC[C@H](Oc1ccc2c(c1)[C@@H](c1cccc(C)c1)N(C(=O)C1CC1)CC2)C(=O)NCC(C)C. The van der Waals surface area contributed by atoms with Crippen molar-refractivity contribution in [2.24, 2.45) is 11.8 Å². The molecule has 2 amide bonds. The highest BCUT2D eigenvalue weighted by atomic mass is 16.5. The zero-order chi connectivity index (χ0) is 23.5. The molecule has 1 heterocycles. The van der Waals surface area contributed by atoms with E-state index in [0.717, 1.165) is 36.9 Å². The Balaban J connectivity index is 1.64. The van der Waals surface area contributed by atoms with Crippen LogP contribution in [0.15, 0.2) is 42.5 Å². The lowest BCUT2D eigenvalue weighted by molar-refractivity contribution is -0.134. The first-order chi connectivity index (χ1) is 15.9. The van der Waals surface area contributed by atoms with Crippen LogP contribution in [0.2, 0.25) is 0 Å². The summed E-state index contributed by atoms with van der Waals surface area (Å²) in [5.74, 6) is 1.43. The number of aryl methyl sites for hydroxylation is 1. The summed E-state index contributed by atoms with van der Waals surface area (Å²) >= 11 is 0. The average Bonchev–Trinajstić information content (AvgIpc) is 3.65. The number of hydrogen-bond donors (Lipinski definition) is 1. The lowest BCUT2D eigenvalue weighted by Gasteiger charge is -2.38. The van der Waals surface area contributed by atoms with Crippen molar-refractivity contribution in [1.82, 2.24) is 10.2 Å². The van der Waals surface area contributed by atoms with Gasteiger partial charge < -0.3 is 15.0 Å². The van der Waals surface area contributed by atoms with Crippen LogP contribution in [0, 0.1) is 18.8 Å². The molecule has 2 atom stereocenters. The van der Waals surface area contributed by atoms with Crippen molar-refractivity contribution in [3.63, 3.8) is 0 Å². The molecule has 1 aliphatic carbocycles. The minimum Gasteiger partial charge on any atom is -0.481 e. The number of ether oxygens (including phenoxy) is 1. The lowest BCUT2D eigenvalue weighted by Crippen LogP contribution is -2.41. The summed E-state index contributed by atoms with van der Waals surface area (Å²) in [5.41, 5.74) is 4.66. The third-order valence-corrected chi connectivity index (χ3v) is 6.54. The first kappa shape index (κ1) is 23.3. The number of amides is 2. The van der Waals surface area contributed by atoms with Gasteiger partial charge in [-0.15, -0.1) is 0 Å². The molecule has 2 aromatic rings. The van der Waals surface area contributed by atoms with Crippen molar-refractivity contribution in [2.45, 2.75) is 65.5 Å². The molecule has 0 unspecified atom stereocenters. The Morgan fingerprint density at radius 2 is 1.94 bits per heavy atom. The number of hydrogen-bond acceptors (Lipinski definition) is 3. The largest absolute Gasteiger partial charge is 0.481 e. The van der Waals surface area contributed by atoms with Gasteiger partial charge >= 0.3 is 0 Å². The molecule has 5 nitrogen and oxygen atoms in total. The second-order valence-corrected chi connectivity index (χ2v) is 9.89. The molecule has 0 radical (unpaired) electrons. The number of fused-ring (bicyclic) bond motifs is 1. The molecule has 5 heteroatoms. The van der Waals surface area contributed by atoms with Crippen molar-refractivity contribution in [3.8, 4) is 5.75 Å². The van der Waals surface area contributed by atoms with Gasteiger partial charge in [-0.1, -0.05) is 56.7 Å². The van der Waals surface area contributed by atoms with E-state index >= 15 is 0 Å². The van der Waals surface area contributed by atoms with E-state index in [0.29, 0.717) is 24.6 Å². The molecule has 1 N–H and O–H groups in total. The Morgan fingerprint density at radius 1 is 1.15 bits per heavy atom. The first-order valence-corrected chi connectivity index (χ1v) is 12.3. The third-order valence-electron chi connectivity index (χ3n) is 6.54. The Bertz CT molecular complexity index is 1010. The van der Waals surface area contributed by atoms with Crippen LogP contribution >= 0.6 is 0 Å². The quantitative estimate of drug-likeness (QED) is 0.631. The van der Waals surface area contributed by atoms with E-state index in [1.165, 1.54) is 11.1 Å². The van der Waals surface area contributed by atoms with E-state index in [1.54, 1.807) is 0 Å². The maximum atomic E-state index is 13.2. The average molecular weight is 449 g/mol. The van der Waals surface area contributed by atoms with Crippen LogP contribution in [0.4, 0.5) is 0 Å². The summed E-state index contributed by atoms with van der Waals surface area (Å²) in [6, 6.07) is 14.4. The van der Waals surface area contributed by atoms with Crippen LogP contribution in [0.5, 0.6) is 5.75 Å². The van der Waals surface area contributed by atoms with Gasteiger partial charge in [0, 0.05) is 19.0 Å². The molecule has 1 fully saturated rings. The zero-order valence-electron chi connectivity index (χ0n) is 20.3. The number of carbonyl (C=O) groups is 2. The normalized spacial score (nSPS) is 18.6. The standard InChI is InChI=1S/C28H36N2O3/c1-5-25(27(31)29-17-18(2)3)33-23-12-11-20-13-14-30(28(32)21-9-10-21)26(24(20)16-23)22-8-6-7-19(4)15-22/h6-8,11-12,15-16,18,21,25-26H,5,9-10,13-14,17H2,1-4H3,(H,29,31)/t25-,26+/m0/s1. The van der Waals surface area contributed by atoms with Crippen LogP contribution in [-0.2, 0) is 16.0 Å². The van der Waals surface area contributed by atoms with E-state index in [2.05, 4.69) is 61.3 Å². The molecule has 0 saturated heterocycles. The van der Waals surface area contributed by atoms with E-state index in [1.807, 2.05) is 19.1 Å². The maximum absolute atomic E-state index is 13.2. The van der Waals surface area contributed by atoms with Crippen molar-refractivity contribution >= 4 is 11.8 Å². The highest BCUT2D eigenvalue weighted by molar-refractivity contribution is 5.82. The van der Waals surface area contributed by atoms with Crippen molar-refractivity contribution < 1.29 is 14.3 Å². The van der Waals surface area contributed by atoms with E-state index in [4.69, 9.17) is 4.74 Å².